The van der Waals surface area contributed by atoms with Crippen molar-refractivity contribution in [3.63, 3.8) is 0 Å². The Balaban J connectivity index is 1.94. The number of aryl methyl sites for hydroxylation is 1. The van der Waals surface area contributed by atoms with Gasteiger partial charge in [0.25, 0.3) is 0 Å². The number of nitrogens with one attached hydrogen (secondary N) is 1. The van der Waals surface area contributed by atoms with Gasteiger partial charge in [0.15, 0.2) is 0 Å². The molecule has 0 unspecified atom stereocenters. The highest BCUT2D eigenvalue weighted by Crippen LogP contribution is 2.21. The lowest BCUT2D eigenvalue weighted by Crippen LogP contribution is -2.15. The zero-order chi connectivity index (χ0) is 12.3. The summed E-state index contributed by atoms with van der Waals surface area (Å²) in [7, 11) is 1.96. The standard InChI is InChI=1S/C12H14BrN3O/c1-16-5-4-15-12(16)8-14-7-9-6-10(13)2-3-11(9)17/h2-6,14,17H,7-8H2,1H3. The van der Waals surface area contributed by atoms with Gasteiger partial charge in [0.2, 0.25) is 0 Å². The molecule has 2 N–H and O–H groups in total. The molecule has 4 nitrogen and oxygen atoms in total. The quantitative estimate of drug-likeness (QED) is 0.909. The fraction of sp³-hybridized carbons (Fsp3) is 0.250. The van der Waals surface area contributed by atoms with Crippen LogP contribution in [-0.4, -0.2) is 14.7 Å². The molecule has 0 aliphatic carbocycles. The van der Waals surface area contributed by atoms with Gasteiger partial charge in [0.05, 0.1) is 6.54 Å². The van der Waals surface area contributed by atoms with E-state index in [2.05, 4.69) is 26.2 Å². The first-order valence-corrected chi connectivity index (χ1v) is 6.10. The molecule has 17 heavy (non-hydrogen) atoms. The van der Waals surface area contributed by atoms with E-state index in [1.54, 1.807) is 12.3 Å². The molecule has 2 rings (SSSR count). The van der Waals surface area contributed by atoms with Gasteiger partial charge in [-0.15, -0.1) is 0 Å². The van der Waals surface area contributed by atoms with Gasteiger partial charge in [-0.25, -0.2) is 4.98 Å². The van der Waals surface area contributed by atoms with E-state index in [0.717, 1.165) is 15.9 Å². The van der Waals surface area contributed by atoms with E-state index in [1.165, 1.54) is 0 Å². The van der Waals surface area contributed by atoms with Crippen LogP contribution < -0.4 is 5.32 Å². The Hall–Kier alpha value is -1.33. The van der Waals surface area contributed by atoms with Crippen molar-refractivity contribution >= 4 is 15.9 Å². The number of benzene rings is 1. The van der Waals surface area contributed by atoms with Crippen molar-refractivity contribution in [3.8, 4) is 5.75 Å². The van der Waals surface area contributed by atoms with E-state index in [1.807, 2.05) is 29.9 Å². The zero-order valence-electron chi connectivity index (χ0n) is 9.52. The molecule has 0 amide bonds. The summed E-state index contributed by atoms with van der Waals surface area (Å²) in [5.41, 5.74) is 0.869. The topological polar surface area (TPSA) is 50.1 Å². The predicted octanol–water partition coefficient (Wildman–Crippen LogP) is 2.18. The lowest BCUT2D eigenvalue weighted by Gasteiger charge is -2.07. The fourth-order valence-corrected chi connectivity index (χ4v) is 1.98. The Labute approximate surface area is 108 Å². The molecular weight excluding hydrogens is 282 g/mol. The minimum Gasteiger partial charge on any atom is -0.508 e. The number of aromatic nitrogens is 2. The predicted molar refractivity (Wildman–Crippen MR) is 69.6 cm³/mol. The lowest BCUT2D eigenvalue weighted by molar-refractivity contribution is 0.463. The molecule has 1 aromatic heterocycles. The summed E-state index contributed by atoms with van der Waals surface area (Å²) in [6, 6.07) is 5.40. The molecule has 0 spiro atoms. The number of phenolic OH excluding ortho intramolecular Hbond substituents is 1. The summed E-state index contributed by atoms with van der Waals surface area (Å²) in [6.45, 7) is 1.29. The number of halogens is 1. The molecule has 0 saturated heterocycles. The number of aromatic hydroxyl groups is 1. The van der Waals surface area contributed by atoms with Crippen LogP contribution in [0.5, 0.6) is 5.75 Å². The van der Waals surface area contributed by atoms with Crippen molar-refractivity contribution in [2.24, 2.45) is 7.05 Å². The van der Waals surface area contributed by atoms with E-state index in [-0.39, 0.29) is 0 Å². The molecule has 5 heteroatoms. The summed E-state index contributed by atoms with van der Waals surface area (Å²) in [5.74, 6) is 1.28. The molecule has 0 aliphatic rings. The second-order valence-electron chi connectivity index (χ2n) is 3.83. The Morgan fingerprint density at radius 3 is 2.94 bits per heavy atom. The van der Waals surface area contributed by atoms with Gasteiger partial charge < -0.3 is 15.0 Å². The molecule has 1 aromatic carbocycles. The molecule has 1 heterocycles. The maximum atomic E-state index is 9.67. The third kappa shape index (κ3) is 3.08. The van der Waals surface area contributed by atoms with Crippen LogP contribution in [0.2, 0.25) is 0 Å². The molecule has 90 valence electrons. The largest absolute Gasteiger partial charge is 0.508 e. The summed E-state index contributed by atoms with van der Waals surface area (Å²) in [4.78, 5) is 4.22. The van der Waals surface area contributed by atoms with Crippen LogP contribution in [0, 0.1) is 0 Å². The second kappa shape index (κ2) is 5.33. The molecule has 0 saturated carbocycles. The average molecular weight is 296 g/mol. The number of hydrogen-bond acceptors (Lipinski definition) is 3. The molecule has 0 fully saturated rings. The molecule has 2 aromatic rings. The monoisotopic (exact) mass is 295 g/mol. The molecular formula is C12H14BrN3O. The first-order chi connectivity index (χ1) is 8.16. The fourth-order valence-electron chi connectivity index (χ4n) is 1.57. The normalized spacial score (nSPS) is 10.7. The van der Waals surface area contributed by atoms with Crippen molar-refractivity contribution in [1.29, 1.82) is 0 Å². The third-order valence-electron chi connectivity index (χ3n) is 2.56. The third-order valence-corrected chi connectivity index (χ3v) is 3.05. The van der Waals surface area contributed by atoms with E-state index < -0.39 is 0 Å². The number of phenols is 1. The van der Waals surface area contributed by atoms with Gasteiger partial charge in [-0.1, -0.05) is 15.9 Å². The molecule has 0 bridgehead atoms. The van der Waals surface area contributed by atoms with Gasteiger partial charge in [-0.05, 0) is 18.2 Å². The lowest BCUT2D eigenvalue weighted by atomic mass is 10.2. The summed E-state index contributed by atoms with van der Waals surface area (Å²) < 4.78 is 2.93. The van der Waals surface area contributed by atoms with Crippen molar-refractivity contribution in [3.05, 3.63) is 46.5 Å². The van der Waals surface area contributed by atoms with Gasteiger partial charge >= 0.3 is 0 Å². The van der Waals surface area contributed by atoms with Crippen LogP contribution in [0.1, 0.15) is 11.4 Å². The van der Waals surface area contributed by atoms with E-state index >= 15 is 0 Å². The Morgan fingerprint density at radius 2 is 2.24 bits per heavy atom. The smallest absolute Gasteiger partial charge is 0.122 e. The molecule has 0 atom stereocenters. The van der Waals surface area contributed by atoms with Gasteiger partial charge in [0.1, 0.15) is 11.6 Å². The number of hydrogen-bond donors (Lipinski definition) is 2. The van der Waals surface area contributed by atoms with Gasteiger partial charge in [0, 0.05) is 36.0 Å². The summed E-state index contributed by atoms with van der Waals surface area (Å²) in [5, 5.41) is 12.9. The van der Waals surface area contributed by atoms with E-state index in [4.69, 9.17) is 0 Å². The van der Waals surface area contributed by atoms with Crippen LogP contribution in [0.25, 0.3) is 0 Å². The molecule has 0 aliphatic heterocycles. The van der Waals surface area contributed by atoms with Crippen LogP contribution in [-0.2, 0) is 20.1 Å². The SMILES string of the molecule is Cn1ccnc1CNCc1cc(Br)ccc1O. The highest BCUT2D eigenvalue weighted by molar-refractivity contribution is 9.10. The van der Waals surface area contributed by atoms with Crippen LogP contribution >= 0.6 is 15.9 Å². The van der Waals surface area contributed by atoms with Gasteiger partial charge in [-0.2, -0.15) is 0 Å². The Kier molecular flexibility index (Phi) is 3.81. The van der Waals surface area contributed by atoms with Gasteiger partial charge in [-0.3, -0.25) is 0 Å². The number of rotatable bonds is 4. The minimum atomic E-state index is 0.306. The highest BCUT2D eigenvalue weighted by atomic mass is 79.9. The summed E-state index contributed by atoms with van der Waals surface area (Å²) >= 11 is 3.38. The molecule has 0 radical (unpaired) electrons. The number of imidazole rings is 1. The van der Waals surface area contributed by atoms with Crippen molar-refractivity contribution in [2.45, 2.75) is 13.1 Å². The van der Waals surface area contributed by atoms with Crippen LogP contribution in [0.4, 0.5) is 0 Å². The maximum absolute atomic E-state index is 9.67. The van der Waals surface area contributed by atoms with Crippen LogP contribution in [0.3, 0.4) is 0 Å². The first-order valence-electron chi connectivity index (χ1n) is 5.31. The first kappa shape index (κ1) is 12.1. The van der Waals surface area contributed by atoms with Crippen molar-refractivity contribution in [2.75, 3.05) is 0 Å². The average Bonchev–Trinajstić information content (AvgIpc) is 2.70. The highest BCUT2D eigenvalue weighted by Gasteiger charge is 2.03. The Morgan fingerprint density at radius 1 is 1.41 bits per heavy atom. The maximum Gasteiger partial charge on any atom is 0.122 e. The Bertz CT molecular complexity index is 510. The van der Waals surface area contributed by atoms with E-state index in [0.29, 0.717) is 18.8 Å². The van der Waals surface area contributed by atoms with Crippen molar-refractivity contribution < 1.29 is 5.11 Å². The van der Waals surface area contributed by atoms with E-state index in [9.17, 15) is 5.11 Å². The zero-order valence-corrected chi connectivity index (χ0v) is 11.1. The van der Waals surface area contributed by atoms with Crippen LogP contribution in [0.15, 0.2) is 35.1 Å². The van der Waals surface area contributed by atoms with Crippen molar-refractivity contribution in [1.82, 2.24) is 14.9 Å². The number of nitrogens with zero attached hydrogens (tertiary/aromatic N) is 2. The second-order valence-corrected chi connectivity index (χ2v) is 4.75. The summed E-state index contributed by atoms with van der Waals surface area (Å²) in [6.07, 6.45) is 3.68. The minimum absolute atomic E-state index is 0.306.